The van der Waals surface area contributed by atoms with Crippen LogP contribution in [0.4, 0.5) is 4.79 Å². The molecule has 226 valence electrons. The van der Waals surface area contributed by atoms with Crippen molar-refractivity contribution in [3.05, 3.63) is 88.4 Å². The summed E-state index contributed by atoms with van der Waals surface area (Å²) < 4.78 is 12.3. The molecule has 7 heteroatoms. The quantitative estimate of drug-likeness (QED) is 0.272. The van der Waals surface area contributed by atoms with Gasteiger partial charge in [-0.15, -0.1) is 0 Å². The molecule has 0 radical (unpaired) electrons. The highest BCUT2D eigenvalue weighted by atomic mass is 35.5. The van der Waals surface area contributed by atoms with Crippen LogP contribution in [0.3, 0.4) is 0 Å². The van der Waals surface area contributed by atoms with Gasteiger partial charge in [-0.2, -0.15) is 0 Å². The maximum absolute atomic E-state index is 13.4. The molecular weight excluding hydrogens is 562 g/mol. The van der Waals surface area contributed by atoms with E-state index in [-0.39, 0.29) is 17.6 Å². The minimum atomic E-state index is -1.91. The number of aliphatic hydroxyl groups excluding tert-OH is 1. The molecule has 1 N–H and O–H groups in total. The normalized spacial score (nSPS) is 16.4. The van der Waals surface area contributed by atoms with Crippen molar-refractivity contribution >= 4 is 26.0 Å². The lowest BCUT2D eigenvalue weighted by Crippen LogP contribution is -2.47. The molecule has 0 saturated heterocycles. The second-order valence-electron chi connectivity index (χ2n) is 14.0. The first-order valence-corrected chi connectivity index (χ1v) is 18.2. The molecule has 1 aliphatic rings. The van der Waals surface area contributed by atoms with Gasteiger partial charge < -0.3 is 19.2 Å². The predicted molar refractivity (Wildman–Crippen MR) is 175 cm³/mol. The third kappa shape index (κ3) is 7.97. The number of carbonyl (C=O) groups excluding carboxylic acids is 1. The smallest absolute Gasteiger partial charge is 0.410 e. The van der Waals surface area contributed by atoms with E-state index in [0.717, 1.165) is 29.7 Å². The van der Waals surface area contributed by atoms with Crippen molar-refractivity contribution in [2.75, 3.05) is 6.54 Å². The number of hydrogen-bond donors (Lipinski definition) is 1. The highest BCUT2D eigenvalue weighted by Gasteiger charge is 2.39. The van der Waals surface area contributed by atoms with Crippen molar-refractivity contribution < 1.29 is 19.1 Å². The molecule has 1 amide bonds. The second-order valence-corrected chi connectivity index (χ2v) is 19.1. The average Bonchev–Trinajstić information content (AvgIpc) is 2.89. The second kappa shape index (κ2) is 12.4. The van der Waals surface area contributed by atoms with Crippen LogP contribution in [-0.4, -0.2) is 42.6 Å². The highest BCUT2D eigenvalue weighted by molar-refractivity contribution is 6.74. The summed E-state index contributed by atoms with van der Waals surface area (Å²) in [5, 5.41) is 11.8. The Labute approximate surface area is 257 Å². The molecule has 0 aliphatic heterocycles. The third-order valence-corrected chi connectivity index (χ3v) is 13.0. The van der Waals surface area contributed by atoms with E-state index in [2.05, 4.69) is 76.3 Å². The Hall–Kier alpha value is -2.80. The molecule has 0 bridgehead atoms. The number of nitrogens with zero attached hydrogens (tertiary/aromatic N) is 1. The van der Waals surface area contributed by atoms with Gasteiger partial charge >= 0.3 is 6.09 Å². The number of benzene rings is 3. The number of carbonyl (C=O) groups is 1. The molecular formula is C35H46ClNO4Si. The zero-order valence-corrected chi connectivity index (χ0v) is 28.1. The summed E-state index contributed by atoms with van der Waals surface area (Å²) in [6.45, 7) is 17.0. The third-order valence-electron chi connectivity index (χ3n) is 8.45. The summed E-state index contributed by atoms with van der Waals surface area (Å²) in [4.78, 5) is 15.2. The topological polar surface area (TPSA) is 59.0 Å². The van der Waals surface area contributed by atoms with Crippen molar-refractivity contribution in [2.24, 2.45) is 0 Å². The summed E-state index contributed by atoms with van der Waals surface area (Å²) in [7, 11) is -1.91. The molecule has 2 atom stereocenters. The minimum absolute atomic E-state index is 0.100. The molecule has 42 heavy (non-hydrogen) atoms. The SMILES string of the molecule is CC(C)(C)OC(=O)N(CC(O)c1cccc(Cl)c1)C1CCc2ccc(-c3ccc(O[Si](C)(C)C(C)(C)C)cc3)cc2C1. The number of hydrogen-bond acceptors (Lipinski definition) is 4. The first-order chi connectivity index (χ1) is 19.5. The van der Waals surface area contributed by atoms with E-state index < -0.39 is 26.1 Å². The van der Waals surface area contributed by atoms with Gasteiger partial charge in [0, 0.05) is 11.1 Å². The fourth-order valence-electron chi connectivity index (χ4n) is 5.05. The zero-order valence-electron chi connectivity index (χ0n) is 26.3. The van der Waals surface area contributed by atoms with Crippen molar-refractivity contribution in [3.63, 3.8) is 0 Å². The van der Waals surface area contributed by atoms with Crippen LogP contribution >= 0.6 is 11.6 Å². The predicted octanol–water partition coefficient (Wildman–Crippen LogP) is 9.22. The van der Waals surface area contributed by atoms with Gasteiger partial charge in [-0.05, 0) is 110 Å². The van der Waals surface area contributed by atoms with Crippen LogP contribution in [0.25, 0.3) is 11.1 Å². The van der Waals surface area contributed by atoms with Crippen LogP contribution in [0.5, 0.6) is 5.75 Å². The van der Waals surface area contributed by atoms with Gasteiger partial charge in [0.1, 0.15) is 11.4 Å². The molecule has 5 nitrogen and oxygen atoms in total. The van der Waals surface area contributed by atoms with Crippen LogP contribution in [0.2, 0.25) is 23.2 Å². The molecule has 0 aromatic heterocycles. The molecule has 0 fully saturated rings. The average molecular weight is 608 g/mol. The van der Waals surface area contributed by atoms with E-state index >= 15 is 0 Å². The largest absolute Gasteiger partial charge is 0.544 e. The van der Waals surface area contributed by atoms with Crippen LogP contribution in [0.1, 0.15) is 70.8 Å². The monoisotopic (exact) mass is 607 g/mol. The zero-order chi connectivity index (χ0) is 30.9. The van der Waals surface area contributed by atoms with Gasteiger partial charge in [-0.1, -0.05) is 74.8 Å². The van der Waals surface area contributed by atoms with E-state index in [0.29, 0.717) is 17.0 Å². The number of halogens is 1. The Morgan fingerprint density at radius 1 is 0.976 bits per heavy atom. The Morgan fingerprint density at radius 3 is 2.26 bits per heavy atom. The molecule has 2 unspecified atom stereocenters. The summed E-state index contributed by atoms with van der Waals surface area (Å²) in [6.07, 6.45) is 1.05. The van der Waals surface area contributed by atoms with E-state index in [1.807, 2.05) is 32.9 Å². The summed E-state index contributed by atoms with van der Waals surface area (Å²) in [6, 6.07) is 22.1. The van der Waals surface area contributed by atoms with Crippen molar-refractivity contribution in [3.8, 4) is 16.9 Å². The molecule has 0 spiro atoms. The van der Waals surface area contributed by atoms with Crippen LogP contribution < -0.4 is 4.43 Å². The standard InChI is InChI=1S/C35H46ClNO4Si/c1-34(2,3)40-33(39)37(23-32(38)27-10-9-11-29(36)21-27)30-17-14-25-12-13-26(20-28(25)22-30)24-15-18-31(19-16-24)41-42(7,8)35(4,5)6/h9-13,15-16,18-21,30,32,38H,14,17,22-23H2,1-8H3. The summed E-state index contributed by atoms with van der Waals surface area (Å²) in [5.74, 6) is 0.912. The number of fused-ring (bicyclic) bond motifs is 1. The Balaban J connectivity index is 1.55. The maximum Gasteiger partial charge on any atom is 0.410 e. The first-order valence-electron chi connectivity index (χ1n) is 14.9. The number of rotatable bonds is 7. The van der Waals surface area contributed by atoms with Gasteiger partial charge in [0.2, 0.25) is 8.32 Å². The number of aliphatic hydroxyl groups is 1. The minimum Gasteiger partial charge on any atom is -0.544 e. The Morgan fingerprint density at radius 2 is 1.64 bits per heavy atom. The van der Waals surface area contributed by atoms with Gasteiger partial charge in [0.15, 0.2) is 0 Å². The molecule has 0 saturated carbocycles. The van der Waals surface area contributed by atoms with Crippen LogP contribution in [0.15, 0.2) is 66.7 Å². The molecule has 3 aromatic carbocycles. The fraction of sp³-hybridized carbons (Fsp3) is 0.457. The number of aryl methyl sites for hydroxylation is 1. The van der Waals surface area contributed by atoms with Gasteiger partial charge in [-0.25, -0.2) is 4.79 Å². The van der Waals surface area contributed by atoms with Gasteiger partial charge in [-0.3, -0.25) is 0 Å². The van der Waals surface area contributed by atoms with E-state index in [1.165, 1.54) is 11.1 Å². The van der Waals surface area contributed by atoms with Crippen LogP contribution in [-0.2, 0) is 17.6 Å². The first kappa shape index (κ1) is 32.1. The van der Waals surface area contributed by atoms with E-state index in [9.17, 15) is 9.90 Å². The van der Waals surface area contributed by atoms with Gasteiger partial charge in [0.25, 0.3) is 0 Å². The molecule has 4 rings (SSSR count). The molecule has 0 heterocycles. The van der Waals surface area contributed by atoms with Crippen molar-refractivity contribution in [1.29, 1.82) is 0 Å². The Kier molecular flexibility index (Phi) is 9.51. The lowest BCUT2D eigenvalue weighted by atomic mass is 9.85. The van der Waals surface area contributed by atoms with Gasteiger partial charge in [0.05, 0.1) is 12.6 Å². The summed E-state index contributed by atoms with van der Waals surface area (Å²) >= 11 is 6.18. The van der Waals surface area contributed by atoms with E-state index in [1.54, 1.807) is 17.0 Å². The Bertz CT molecular complexity index is 1390. The van der Waals surface area contributed by atoms with Crippen molar-refractivity contribution in [2.45, 2.75) is 96.7 Å². The number of amides is 1. The molecule has 3 aromatic rings. The lowest BCUT2D eigenvalue weighted by molar-refractivity contribution is 0.00196. The number of ether oxygens (including phenoxy) is 1. The summed E-state index contributed by atoms with van der Waals surface area (Å²) in [5.41, 5.74) is 4.81. The lowest BCUT2D eigenvalue weighted by Gasteiger charge is -2.37. The highest BCUT2D eigenvalue weighted by Crippen LogP contribution is 2.38. The fourth-order valence-corrected chi connectivity index (χ4v) is 6.28. The maximum atomic E-state index is 13.4. The van der Waals surface area contributed by atoms with Crippen molar-refractivity contribution in [1.82, 2.24) is 4.90 Å². The van der Waals surface area contributed by atoms with Crippen LogP contribution in [0, 0.1) is 0 Å². The molecule has 1 aliphatic carbocycles. The van der Waals surface area contributed by atoms with E-state index in [4.69, 9.17) is 20.8 Å².